The molecule has 0 bridgehead atoms. The maximum Gasteiger partial charge on any atom is 0.404 e. The molecule has 2 aromatic heterocycles. The second-order valence-electron chi connectivity index (χ2n) is 11.0. The van der Waals surface area contributed by atoms with Crippen LogP contribution in [0.2, 0.25) is 0 Å². The molecule has 2 aliphatic rings. The van der Waals surface area contributed by atoms with Crippen LogP contribution in [-0.2, 0) is 11.3 Å². The van der Waals surface area contributed by atoms with E-state index in [4.69, 9.17) is 9.84 Å². The zero-order chi connectivity index (χ0) is 30.1. The molecule has 1 saturated carbocycles. The molecule has 2 aromatic carbocycles. The maximum atomic E-state index is 14.4. The number of aromatic hydroxyl groups is 1. The van der Waals surface area contributed by atoms with Crippen molar-refractivity contribution in [3.8, 4) is 22.6 Å². The lowest BCUT2D eigenvalue weighted by Gasteiger charge is -2.29. The average molecular weight is 590 g/mol. The highest BCUT2D eigenvalue weighted by Crippen LogP contribution is 2.33. The number of rotatable bonds is 6. The van der Waals surface area contributed by atoms with Crippen LogP contribution in [0.4, 0.5) is 9.18 Å². The van der Waals surface area contributed by atoms with Crippen LogP contribution in [0.25, 0.3) is 27.8 Å². The minimum atomic E-state index is -1.12. The number of nitrogens with one attached hydrogen (secondary N) is 1. The number of morpholine rings is 1. The maximum absolute atomic E-state index is 14.4. The van der Waals surface area contributed by atoms with Crippen LogP contribution in [0.5, 0.6) is 5.75 Å². The third-order valence-corrected chi connectivity index (χ3v) is 8.33. The summed E-state index contributed by atoms with van der Waals surface area (Å²) in [5.74, 6) is -0.535. The van der Waals surface area contributed by atoms with Gasteiger partial charge in [-0.05, 0) is 61.1 Å². The molecule has 43 heavy (non-hydrogen) atoms. The zero-order valence-electron chi connectivity index (χ0n) is 23.4. The fourth-order valence-electron chi connectivity index (χ4n) is 6.20. The number of pyridine rings is 1. The first kappa shape index (κ1) is 28.6. The van der Waals surface area contributed by atoms with E-state index in [0.29, 0.717) is 51.1 Å². The van der Waals surface area contributed by atoms with Crippen molar-refractivity contribution in [3.05, 3.63) is 86.9 Å². The van der Waals surface area contributed by atoms with Crippen LogP contribution in [0.3, 0.4) is 0 Å². The van der Waals surface area contributed by atoms with Crippen LogP contribution < -0.4 is 16.6 Å². The SMILES string of the molecule is O=C(O)NC1CCC(n2c(=O)c3cc(F)cnc3n(-c3cccc(-c4cccc(O)c4CN4CCOCC4)c3)c2=O)CC1. The molecule has 0 unspecified atom stereocenters. The van der Waals surface area contributed by atoms with Crippen molar-refractivity contribution in [2.24, 2.45) is 0 Å². The topological polar surface area (TPSA) is 139 Å². The predicted octanol–water partition coefficient (Wildman–Crippen LogP) is 3.64. The number of carbonyl (C=O) groups is 1. The second-order valence-corrected chi connectivity index (χ2v) is 11.0. The summed E-state index contributed by atoms with van der Waals surface area (Å²) in [5, 5.41) is 22.4. The zero-order valence-corrected chi connectivity index (χ0v) is 23.4. The van der Waals surface area contributed by atoms with Gasteiger partial charge in [-0.3, -0.25) is 14.3 Å². The Kier molecular flexibility index (Phi) is 7.96. The minimum Gasteiger partial charge on any atom is -0.508 e. The number of hydrogen-bond acceptors (Lipinski definition) is 7. The van der Waals surface area contributed by atoms with Gasteiger partial charge >= 0.3 is 11.8 Å². The summed E-state index contributed by atoms with van der Waals surface area (Å²) in [6, 6.07) is 12.9. The van der Waals surface area contributed by atoms with Crippen LogP contribution in [-0.4, -0.2) is 67.7 Å². The molecule has 12 heteroatoms. The number of halogens is 1. The highest BCUT2D eigenvalue weighted by atomic mass is 19.1. The Labute approximate surface area is 245 Å². The Bertz CT molecular complexity index is 1790. The number of hydrogen-bond donors (Lipinski definition) is 3. The van der Waals surface area contributed by atoms with E-state index in [1.165, 1.54) is 4.57 Å². The van der Waals surface area contributed by atoms with Gasteiger partial charge in [-0.1, -0.05) is 24.3 Å². The molecular formula is C31H32FN5O6. The van der Waals surface area contributed by atoms with Crippen LogP contribution in [0.1, 0.15) is 37.3 Å². The highest BCUT2D eigenvalue weighted by molar-refractivity contribution is 5.77. The van der Waals surface area contributed by atoms with E-state index in [9.17, 15) is 23.9 Å². The molecule has 2 fully saturated rings. The number of phenolic OH excluding ortho intramolecular Hbond substituents is 1. The van der Waals surface area contributed by atoms with Crippen LogP contribution in [0, 0.1) is 5.82 Å². The van der Waals surface area contributed by atoms with Crippen molar-refractivity contribution < 1.29 is 24.1 Å². The van der Waals surface area contributed by atoms with Crippen molar-refractivity contribution >= 4 is 17.1 Å². The van der Waals surface area contributed by atoms with Gasteiger partial charge in [-0.15, -0.1) is 0 Å². The van der Waals surface area contributed by atoms with E-state index >= 15 is 0 Å². The normalized spacial score (nSPS) is 19.4. The summed E-state index contributed by atoms with van der Waals surface area (Å²) in [6.07, 6.45) is 1.59. The molecule has 0 atom stereocenters. The van der Waals surface area contributed by atoms with Gasteiger partial charge in [0.05, 0.1) is 30.5 Å². The van der Waals surface area contributed by atoms with Gasteiger partial charge in [0.2, 0.25) is 0 Å². The van der Waals surface area contributed by atoms with Gasteiger partial charge in [-0.25, -0.2) is 23.5 Å². The summed E-state index contributed by atoms with van der Waals surface area (Å²) >= 11 is 0. The first-order valence-electron chi connectivity index (χ1n) is 14.3. The van der Waals surface area contributed by atoms with Crippen molar-refractivity contribution in [1.29, 1.82) is 0 Å². The Morgan fingerprint density at radius 2 is 1.79 bits per heavy atom. The first-order valence-corrected chi connectivity index (χ1v) is 14.3. The molecular weight excluding hydrogens is 557 g/mol. The Morgan fingerprint density at radius 1 is 1.05 bits per heavy atom. The molecule has 0 spiro atoms. The number of phenols is 1. The number of benzene rings is 2. The average Bonchev–Trinajstić information content (AvgIpc) is 3.00. The number of carboxylic acid groups (broad SMARTS) is 1. The third-order valence-electron chi connectivity index (χ3n) is 8.33. The summed E-state index contributed by atoms with van der Waals surface area (Å²) in [5.41, 5.74) is 1.52. The summed E-state index contributed by atoms with van der Waals surface area (Å²) < 4.78 is 22.3. The number of amides is 1. The van der Waals surface area contributed by atoms with Crippen molar-refractivity contribution in [1.82, 2.24) is 24.3 Å². The number of fused-ring (bicyclic) bond motifs is 1. The summed E-state index contributed by atoms with van der Waals surface area (Å²) in [4.78, 5) is 45.2. The van der Waals surface area contributed by atoms with Crippen LogP contribution >= 0.6 is 0 Å². The number of aromatic nitrogens is 3. The summed E-state index contributed by atoms with van der Waals surface area (Å²) in [6.45, 7) is 3.25. The van der Waals surface area contributed by atoms with Gasteiger partial charge in [0.25, 0.3) is 5.56 Å². The predicted molar refractivity (Wildman–Crippen MR) is 157 cm³/mol. The van der Waals surface area contributed by atoms with Crippen LogP contribution in [0.15, 0.2) is 64.3 Å². The van der Waals surface area contributed by atoms with Gasteiger partial charge in [0.1, 0.15) is 11.6 Å². The molecule has 1 amide bonds. The Hall–Kier alpha value is -4.55. The van der Waals surface area contributed by atoms with E-state index in [1.54, 1.807) is 30.3 Å². The molecule has 224 valence electrons. The molecule has 6 rings (SSSR count). The van der Waals surface area contributed by atoms with E-state index in [-0.39, 0.29) is 22.8 Å². The third kappa shape index (κ3) is 5.75. The van der Waals surface area contributed by atoms with Crippen molar-refractivity contribution in [2.45, 2.75) is 44.3 Å². The standard InChI is InChI=1S/C31H32FN5O6/c32-20-16-25-28(33-17-20)36(31(42)37(29(25)39)22-9-7-21(8-10-22)34-30(40)41)23-4-1-3-19(15-23)24-5-2-6-27(38)26(24)18-35-11-13-43-14-12-35/h1-6,15-17,21-22,34,38H,7-14,18H2,(H,40,41). The highest BCUT2D eigenvalue weighted by Gasteiger charge is 2.28. The quantitative estimate of drug-likeness (QED) is 0.310. The molecule has 3 heterocycles. The van der Waals surface area contributed by atoms with Gasteiger partial charge in [0.15, 0.2) is 5.65 Å². The van der Waals surface area contributed by atoms with E-state index in [2.05, 4.69) is 15.2 Å². The van der Waals surface area contributed by atoms with E-state index in [0.717, 1.165) is 46.6 Å². The lowest BCUT2D eigenvalue weighted by molar-refractivity contribution is 0.0339. The summed E-state index contributed by atoms with van der Waals surface area (Å²) in [7, 11) is 0. The van der Waals surface area contributed by atoms with Gasteiger partial charge < -0.3 is 20.3 Å². The second kappa shape index (κ2) is 12.0. The number of ether oxygens (including phenoxy) is 1. The van der Waals surface area contributed by atoms with E-state index in [1.807, 2.05) is 12.1 Å². The molecule has 4 aromatic rings. The lowest BCUT2D eigenvalue weighted by atomic mass is 9.91. The molecule has 0 radical (unpaired) electrons. The number of nitrogens with zero attached hydrogens (tertiary/aromatic N) is 4. The van der Waals surface area contributed by atoms with Gasteiger partial charge in [0, 0.05) is 37.3 Å². The fraction of sp³-hybridized carbons (Fsp3) is 0.355. The first-order chi connectivity index (χ1) is 20.8. The molecule has 3 N–H and O–H groups in total. The van der Waals surface area contributed by atoms with E-state index < -0.39 is 29.2 Å². The lowest BCUT2D eigenvalue weighted by Crippen LogP contribution is -2.45. The van der Waals surface area contributed by atoms with Gasteiger partial charge in [-0.2, -0.15) is 0 Å². The smallest absolute Gasteiger partial charge is 0.404 e. The largest absolute Gasteiger partial charge is 0.508 e. The molecule has 1 saturated heterocycles. The Balaban J connectivity index is 1.45. The molecule has 1 aliphatic heterocycles. The fourth-order valence-corrected chi connectivity index (χ4v) is 6.20. The molecule has 11 nitrogen and oxygen atoms in total. The minimum absolute atomic E-state index is 0.0267. The monoisotopic (exact) mass is 589 g/mol. The Morgan fingerprint density at radius 3 is 2.53 bits per heavy atom. The molecule has 1 aliphatic carbocycles. The van der Waals surface area contributed by atoms with Crippen molar-refractivity contribution in [3.63, 3.8) is 0 Å². The van der Waals surface area contributed by atoms with Crippen molar-refractivity contribution in [2.75, 3.05) is 26.3 Å².